The minimum absolute atomic E-state index is 0.0916. The molecule has 0 saturated heterocycles. The number of carbonyl (C=O) groups is 1. The molecule has 0 bridgehead atoms. The van der Waals surface area contributed by atoms with E-state index in [0.717, 1.165) is 17.7 Å². The van der Waals surface area contributed by atoms with Crippen LogP contribution in [0.4, 0.5) is 8.78 Å². The molecule has 0 spiro atoms. The molecule has 0 atom stereocenters. The molecule has 0 saturated carbocycles. The molecular formula is C17H16F2O2. The Kier molecular flexibility index (Phi) is 4.68. The average Bonchev–Trinajstić information content (AvgIpc) is 2.48. The van der Waals surface area contributed by atoms with Gasteiger partial charge in [-0.25, -0.2) is 8.78 Å². The van der Waals surface area contributed by atoms with Gasteiger partial charge in [0.15, 0.2) is 24.0 Å². The van der Waals surface area contributed by atoms with Crippen LogP contribution in [-0.4, -0.2) is 12.4 Å². The third-order valence-corrected chi connectivity index (χ3v) is 3.14. The van der Waals surface area contributed by atoms with Crippen LogP contribution in [0, 0.1) is 11.6 Å². The predicted octanol–water partition coefficient (Wildman–Crippen LogP) is 4.35. The number of ketones is 1. The molecule has 0 unspecified atom stereocenters. The van der Waals surface area contributed by atoms with Gasteiger partial charge in [-0.2, -0.15) is 0 Å². The highest BCUT2D eigenvalue weighted by molar-refractivity contribution is 5.97. The first kappa shape index (κ1) is 15.2. The van der Waals surface area contributed by atoms with Crippen molar-refractivity contribution in [3.05, 3.63) is 65.2 Å². The first-order valence-electron chi connectivity index (χ1n) is 6.68. The van der Waals surface area contributed by atoms with Crippen molar-refractivity contribution in [1.82, 2.24) is 0 Å². The van der Waals surface area contributed by atoms with Crippen LogP contribution in [0.3, 0.4) is 0 Å². The maximum atomic E-state index is 13.1. The molecule has 2 rings (SSSR count). The van der Waals surface area contributed by atoms with Crippen molar-refractivity contribution in [2.75, 3.05) is 6.61 Å². The fraction of sp³-hybridized carbons (Fsp3) is 0.235. The van der Waals surface area contributed by atoms with Crippen molar-refractivity contribution >= 4 is 5.78 Å². The Morgan fingerprint density at radius 2 is 1.86 bits per heavy atom. The second kappa shape index (κ2) is 6.48. The molecule has 0 fully saturated rings. The molecule has 2 aromatic carbocycles. The van der Waals surface area contributed by atoms with E-state index in [1.54, 1.807) is 6.07 Å². The lowest BCUT2D eigenvalue weighted by atomic mass is 10.0. The first-order chi connectivity index (χ1) is 9.97. The topological polar surface area (TPSA) is 26.3 Å². The minimum Gasteiger partial charge on any atom is -0.485 e. The Balaban J connectivity index is 2.03. The predicted molar refractivity (Wildman–Crippen MR) is 76.7 cm³/mol. The van der Waals surface area contributed by atoms with E-state index in [0.29, 0.717) is 11.7 Å². The van der Waals surface area contributed by atoms with Gasteiger partial charge in [0.25, 0.3) is 0 Å². The van der Waals surface area contributed by atoms with Gasteiger partial charge in [0.1, 0.15) is 5.75 Å². The lowest BCUT2D eigenvalue weighted by Crippen LogP contribution is -2.12. The molecule has 110 valence electrons. The van der Waals surface area contributed by atoms with Gasteiger partial charge in [0.2, 0.25) is 0 Å². The third-order valence-electron chi connectivity index (χ3n) is 3.14. The van der Waals surface area contributed by atoms with Crippen LogP contribution in [0.2, 0.25) is 0 Å². The summed E-state index contributed by atoms with van der Waals surface area (Å²) in [5, 5.41) is 0. The van der Waals surface area contributed by atoms with Crippen LogP contribution in [-0.2, 0) is 0 Å². The molecule has 4 heteroatoms. The van der Waals surface area contributed by atoms with Gasteiger partial charge in [-0.3, -0.25) is 4.79 Å². The van der Waals surface area contributed by atoms with Crippen molar-refractivity contribution in [3.8, 4) is 5.75 Å². The van der Waals surface area contributed by atoms with Crippen molar-refractivity contribution in [1.29, 1.82) is 0 Å². The van der Waals surface area contributed by atoms with E-state index in [1.807, 2.05) is 18.2 Å². The van der Waals surface area contributed by atoms with Gasteiger partial charge in [0.05, 0.1) is 0 Å². The highest BCUT2D eigenvalue weighted by Crippen LogP contribution is 2.20. The molecule has 0 aliphatic rings. The summed E-state index contributed by atoms with van der Waals surface area (Å²) in [5.41, 5.74) is 1.20. The second-order valence-corrected chi connectivity index (χ2v) is 5.07. The molecule has 0 aliphatic carbocycles. The van der Waals surface area contributed by atoms with Crippen molar-refractivity contribution in [2.45, 2.75) is 19.8 Å². The van der Waals surface area contributed by atoms with Crippen LogP contribution < -0.4 is 4.74 Å². The first-order valence-corrected chi connectivity index (χ1v) is 6.68. The summed E-state index contributed by atoms with van der Waals surface area (Å²) in [6.07, 6.45) is 0. The molecule has 0 amide bonds. The van der Waals surface area contributed by atoms with Crippen LogP contribution in [0.15, 0.2) is 42.5 Å². The Morgan fingerprint density at radius 1 is 1.10 bits per heavy atom. The van der Waals surface area contributed by atoms with Gasteiger partial charge in [-0.15, -0.1) is 0 Å². The monoisotopic (exact) mass is 290 g/mol. The number of benzene rings is 2. The summed E-state index contributed by atoms with van der Waals surface area (Å²) >= 11 is 0. The summed E-state index contributed by atoms with van der Waals surface area (Å²) in [5.74, 6) is -1.48. The van der Waals surface area contributed by atoms with Gasteiger partial charge in [0, 0.05) is 5.56 Å². The molecule has 0 heterocycles. The number of halogens is 2. The normalized spacial score (nSPS) is 10.7. The number of hydrogen-bond acceptors (Lipinski definition) is 2. The number of rotatable bonds is 5. The summed E-state index contributed by atoms with van der Waals surface area (Å²) in [6, 6.07) is 10.5. The van der Waals surface area contributed by atoms with Crippen LogP contribution >= 0.6 is 0 Å². The number of Topliss-reactive ketones (excluding diaryl/α,β-unsaturated/α-hetero) is 1. The maximum absolute atomic E-state index is 13.1. The van der Waals surface area contributed by atoms with Gasteiger partial charge in [-0.05, 0) is 41.8 Å². The molecule has 21 heavy (non-hydrogen) atoms. The second-order valence-electron chi connectivity index (χ2n) is 5.07. The Labute approximate surface area is 122 Å². The van der Waals surface area contributed by atoms with Gasteiger partial charge >= 0.3 is 0 Å². The van der Waals surface area contributed by atoms with Crippen molar-refractivity contribution in [3.63, 3.8) is 0 Å². The molecule has 2 aromatic rings. The van der Waals surface area contributed by atoms with E-state index in [-0.39, 0.29) is 12.2 Å². The van der Waals surface area contributed by atoms with Crippen LogP contribution in [0.5, 0.6) is 5.75 Å². The highest BCUT2D eigenvalue weighted by Gasteiger charge is 2.11. The lowest BCUT2D eigenvalue weighted by Gasteiger charge is -2.09. The molecule has 0 radical (unpaired) electrons. The Hall–Kier alpha value is -2.23. The fourth-order valence-electron chi connectivity index (χ4n) is 1.87. The number of hydrogen-bond donors (Lipinski definition) is 0. The van der Waals surface area contributed by atoms with Crippen molar-refractivity contribution < 1.29 is 18.3 Å². The largest absolute Gasteiger partial charge is 0.485 e. The average molecular weight is 290 g/mol. The zero-order valence-corrected chi connectivity index (χ0v) is 11.9. The standard InChI is InChI=1S/C17H16F2O2/c1-11(2)12-4-3-5-14(8-12)21-10-17(20)13-6-7-15(18)16(19)9-13/h3-9,11H,10H2,1-2H3. The molecule has 2 nitrogen and oxygen atoms in total. The Bertz CT molecular complexity index is 651. The van der Waals surface area contributed by atoms with Crippen LogP contribution in [0.25, 0.3) is 0 Å². The summed E-state index contributed by atoms with van der Waals surface area (Å²) in [4.78, 5) is 11.9. The summed E-state index contributed by atoms with van der Waals surface area (Å²) < 4.78 is 31.3. The molecule has 0 aliphatic heterocycles. The summed E-state index contributed by atoms with van der Waals surface area (Å²) in [6.45, 7) is 3.91. The molecular weight excluding hydrogens is 274 g/mol. The van der Waals surface area contributed by atoms with E-state index >= 15 is 0 Å². The van der Waals surface area contributed by atoms with E-state index in [9.17, 15) is 13.6 Å². The lowest BCUT2D eigenvalue weighted by molar-refractivity contribution is 0.0921. The van der Waals surface area contributed by atoms with E-state index < -0.39 is 17.4 Å². The minimum atomic E-state index is -1.04. The summed E-state index contributed by atoms with van der Waals surface area (Å²) in [7, 11) is 0. The maximum Gasteiger partial charge on any atom is 0.200 e. The zero-order valence-electron chi connectivity index (χ0n) is 11.9. The smallest absolute Gasteiger partial charge is 0.200 e. The van der Waals surface area contributed by atoms with Crippen molar-refractivity contribution in [2.24, 2.45) is 0 Å². The van der Waals surface area contributed by atoms with Crippen LogP contribution in [0.1, 0.15) is 35.7 Å². The third kappa shape index (κ3) is 3.88. The van der Waals surface area contributed by atoms with E-state index in [1.165, 1.54) is 6.07 Å². The molecule has 0 N–H and O–H groups in total. The van der Waals surface area contributed by atoms with Gasteiger partial charge in [-0.1, -0.05) is 26.0 Å². The molecule has 0 aromatic heterocycles. The SMILES string of the molecule is CC(C)c1cccc(OCC(=O)c2ccc(F)c(F)c2)c1. The quantitative estimate of drug-likeness (QED) is 0.765. The fourth-order valence-corrected chi connectivity index (χ4v) is 1.87. The van der Waals surface area contributed by atoms with Gasteiger partial charge < -0.3 is 4.74 Å². The van der Waals surface area contributed by atoms with E-state index in [2.05, 4.69) is 13.8 Å². The number of ether oxygens (including phenoxy) is 1. The highest BCUT2D eigenvalue weighted by atomic mass is 19.2. The van der Waals surface area contributed by atoms with E-state index in [4.69, 9.17) is 4.74 Å². The number of carbonyl (C=O) groups excluding carboxylic acids is 1. The Morgan fingerprint density at radius 3 is 2.52 bits per heavy atom. The zero-order chi connectivity index (χ0) is 15.4.